The molecule has 1 saturated carbocycles. The molecule has 0 unspecified atom stereocenters. The lowest BCUT2D eigenvalue weighted by molar-refractivity contribution is -0.131. The predicted octanol–water partition coefficient (Wildman–Crippen LogP) is 3.17. The Morgan fingerprint density at radius 1 is 1.56 bits per heavy atom. The molecule has 1 aliphatic heterocycles. The van der Waals surface area contributed by atoms with E-state index in [9.17, 15) is 4.79 Å². The van der Waals surface area contributed by atoms with Crippen molar-refractivity contribution in [2.45, 2.75) is 52.2 Å². The largest absolute Gasteiger partial charge is 0.478 e. The molecule has 1 heterocycles. The van der Waals surface area contributed by atoms with E-state index >= 15 is 0 Å². The van der Waals surface area contributed by atoms with Crippen LogP contribution in [0.2, 0.25) is 0 Å². The predicted molar refractivity (Wildman–Crippen MR) is 70.3 cm³/mol. The van der Waals surface area contributed by atoms with Crippen LogP contribution in [0.5, 0.6) is 0 Å². The fraction of sp³-hybridized carbons (Fsp3) is 0.667. The van der Waals surface area contributed by atoms with Gasteiger partial charge >= 0.3 is 5.97 Å². The second-order valence-electron chi connectivity index (χ2n) is 6.23. The van der Waals surface area contributed by atoms with Crippen LogP contribution in [0.25, 0.3) is 0 Å². The lowest BCUT2D eigenvalue weighted by Gasteiger charge is -2.39. The van der Waals surface area contributed by atoms with Gasteiger partial charge in [0.25, 0.3) is 0 Å². The van der Waals surface area contributed by atoms with E-state index in [0.717, 1.165) is 12.0 Å². The van der Waals surface area contributed by atoms with E-state index in [-0.39, 0.29) is 17.6 Å². The van der Waals surface area contributed by atoms with Gasteiger partial charge in [-0.1, -0.05) is 26.0 Å². The Morgan fingerprint density at radius 2 is 2.22 bits per heavy atom. The highest BCUT2D eigenvalue weighted by atomic mass is 16.6. The molecule has 0 aromatic carbocycles. The summed E-state index contributed by atoms with van der Waals surface area (Å²) in [5.41, 5.74) is 2.28. The molecule has 3 heteroatoms. The van der Waals surface area contributed by atoms with Crippen molar-refractivity contribution >= 4 is 5.97 Å². The molecule has 0 bridgehead atoms. The van der Waals surface area contributed by atoms with Gasteiger partial charge in [-0.3, -0.25) is 0 Å². The molecule has 100 valence electrons. The molecule has 3 atom stereocenters. The molecule has 0 spiro atoms. The molecule has 0 amide bonds. The van der Waals surface area contributed by atoms with Crippen molar-refractivity contribution in [1.82, 2.24) is 0 Å². The Hall–Kier alpha value is -1.09. The summed E-state index contributed by atoms with van der Waals surface area (Å²) in [4.78, 5) is 10.7. The molecule has 3 nitrogen and oxygen atoms in total. The Morgan fingerprint density at radius 3 is 2.78 bits per heavy atom. The van der Waals surface area contributed by atoms with Crippen molar-refractivity contribution in [3.05, 3.63) is 23.8 Å². The van der Waals surface area contributed by atoms with E-state index in [1.807, 2.05) is 6.92 Å². The Labute approximate surface area is 109 Å². The van der Waals surface area contributed by atoms with Crippen molar-refractivity contribution in [3.63, 3.8) is 0 Å². The summed E-state index contributed by atoms with van der Waals surface area (Å²) in [6.07, 6.45) is 4.81. The lowest BCUT2D eigenvalue weighted by atomic mass is 9.65. The number of epoxide rings is 1. The third-order valence-corrected chi connectivity index (χ3v) is 4.25. The number of ether oxygens (including phenoxy) is 1. The van der Waals surface area contributed by atoms with Crippen LogP contribution >= 0.6 is 0 Å². The van der Waals surface area contributed by atoms with Gasteiger partial charge < -0.3 is 9.84 Å². The van der Waals surface area contributed by atoms with Crippen molar-refractivity contribution < 1.29 is 14.6 Å². The molecule has 2 rings (SSSR count). The van der Waals surface area contributed by atoms with Crippen molar-refractivity contribution in [1.29, 1.82) is 0 Å². The highest BCUT2D eigenvalue weighted by molar-refractivity contribution is 5.80. The number of carboxylic acids is 1. The van der Waals surface area contributed by atoms with Crippen molar-refractivity contribution in [2.75, 3.05) is 0 Å². The highest BCUT2D eigenvalue weighted by Crippen LogP contribution is 2.51. The first-order chi connectivity index (χ1) is 8.33. The van der Waals surface area contributed by atoms with Gasteiger partial charge in [0.05, 0.1) is 6.10 Å². The van der Waals surface area contributed by atoms with Crippen LogP contribution in [0.4, 0.5) is 0 Å². The third kappa shape index (κ3) is 2.51. The van der Waals surface area contributed by atoms with Crippen LogP contribution in [0.1, 0.15) is 40.0 Å². The van der Waals surface area contributed by atoms with Gasteiger partial charge in [-0.25, -0.2) is 4.79 Å². The average molecular weight is 250 g/mol. The summed E-state index contributed by atoms with van der Waals surface area (Å²) in [5.74, 6) is -0.545. The molecular formula is C15H22O3. The van der Waals surface area contributed by atoms with Gasteiger partial charge in [0.2, 0.25) is 0 Å². The first kappa shape index (κ1) is 13.3. The zero-order chi connectivity index (χ0) is 13.5. The van der Waals surface area contributed by atoms with Crippen LogP contribution in [0, 0.1) is 11.3 Å². The summed E-state index contributed by atoms with van der Waals surface area (Å²) in [6, 6.07) is 0. The molecule has 1 N–H and O–H groups in total. The number of hydrogen-bond acceptors (Lipinski definition) is 2. The number of carboxylic acid groups (broad SMARTS) is 1. The van der Waals surface area contributed by atoms with Gasteiger partial charge in [-0.2, -0.15) is 0 Å². The quantitative estimate of drug-likeness (QED) is 0.475. The minimum atomic E-state index is -0.900. The number of aliphatic carboxylic acids is 1. The molecule has 0 radical (unpaired) electrons. The van der Waals surface area contributed by atoms with Crippen molar-refractivity contribution in [3.8, 4) is 0 Å². The smallest absolute Gasteiger partial charge is 0.328 e. The number of hydrogen-bond donors (Lipinski definition) is 1. The topological polar surface area (TPSA) is 49.8 Å². The minimum absolute atomic E-state index is 0.0276. The molecule has 0 aromatic rings. The maximum Gasteiger partial charge on any atom is 0.328 e. The maximum absolute atomic E-state index is 10.7. The molecule has 18 heavy (non-hydrogen) atoms. The molecular weight excluding hydrogens is 228 g/mol. The van der Waals surface area contributed by atoms with E-state index in [2.05, 4.69) is 20.4 Å². The van der Waals surface area contributed by atoms with Gasteiger partial charge in [0, 0.05) is 12.0 Å². The van der Waals surface area contributed by atoms with Crippen LogP contribution < -0.4 is 0 Å². The maximum atomic E-state index is 10.7. The number of rotatable bonds is 3. The zero-order valence-corrected chi connectivity index (χ0v) is 11.4. The standard InChI is InChI=1S/C15H22O3/c1-9-6-5-7-15(3,4)12(9)14-13(18-14)10(2)8-11(16)17/h8,12-14H,1,5-7H2,2-4H3,(H,16,17)/t12-,13-,14-/m1/s1. The van der Waals surface area contributed by atoms with Crippen molar-refractivity contribution in [2.24, 2.45) is 11.3 Å². The van der Waals surface area contributed by atoms with Gasteiger partial charge in [0.1, 0.15) is 6.10 Å². The molecule has 2 aliphatic rings. The van der Waals surface area contributed by atoms with Gasteiger partial charge in [0.15, 0.2) is 0 Å². The fourth-order valence-electron chi connectivity index (χ4n) is 3.33. The van der Waals surface area contributed by atoms with Crippen LogP contribution in [0.15, 0.2) is 23.8 Å². The summed E-state index contributed by atoms with van der Waals surface area (Å²) in [6.45, 7) is 10.5. The second-order valence-corrected chi connectivity index (χ2v) is 6.23. The summed E-state index contributed by atoms with van der Waals surface area (Å²) in [5, 5.41) is 8.76. The number of carbonyl (C=O) groups is 1. The average Bonchev–Trinajstić information content (AvgIpc) is 2.94. The van der Waals surface area contributed by atoms with E-state index in [4.69, 9.17) is 9.84 Å². The third-order valence-electron chi connectivity index (χ3n) is 4.25. The van der Waals surface area contributed by atoms with E-state index in [1.165, 1.54) is 24.5 Å². The summed E-state index contributed by atoms with van der Waals surface area (Å²) >= 11 is 0. The summed E-state index contributed by atoms with van der Waals surface area (Å²) < 4.78 is 5.73. The lowest BCUT2D eigenvalue weighted by Crippen LogP contribution is -2.34. The first-order valence-electron chi connectivity index (χ1n) is 6.57. The van der Waals surface area contributed by atoms with Crippen LogP contribution in [-0.2, 0) is 9.53 Å². The Bertz CT molecular complexity index is 406. The van der Waals surface area contributed by atoms with E-state index in [0.29, 0.717) is 5.92 Å². The summed E-state index contributed by atoms with van der Waals surface area (Å²) in [7, 11) is 0. The molecule has 0 aromatic heterocycles. The van der Waals surface area contributed by atoms with Gasteiger partial charge in [-0.15, -0.1) is 0 Å². The van der Waals surface area contributed by atoms with Gasteiger partial charge in [-0.05, 0) is 37.2 Å². The highest BCUT2D eigenvalue weighted by Gasteiger charge is 2.52. The van der Waals surface area contributed by atoms with E-state index < -0.39 is 5.97 Å². The normalized spacial score (nSPS) is 35.4. The molecule has 2 fully saturated rings. The van der Waals surface area contributed by atoms with Crippen LogP contribution in [-0.4, -0.2) is 23.3 Å². The molecule has 1 aliphatic carbocycles. The molecule has 1 saturated heterocycles. The van der Waals surface area contributed by atoms with E-state index in [1.54, 1.807) is 0 Å². The SMILES string of the molecule is C=C1CCCC(C)(C)[C@H]1[C@H]1O[C@@H]1C(C)=CC(=O)O. The fourth-order valence-corrected chi connectivity index (χ4v) is 3.33. The monoisotopic (exact) mass is 250 g/mol. The Kier molecular flexibility index (Phi) is 3.37. The zero-order valence-electron chi connectivity index (χ0n) is 11.4. The second kappa shape index (κ2) is 4.54. The minimum Gasteiger partial charge on any atom is -0.478 e. The van der Waals surface area contributed by atoms with Crippen LogP contribution in [0.3, 0.4) is 0 Å². The Balaban J connectivity index is 2.10. The first-order valence-corrected chi connectivity index (χ1v) is 6.57.